The third-order valence-corrected chi connectivity index (χ3v) is 4.07. The van der Waals surface area contributed by atoms with Gasteiger partial charge in [-0.2, -0.15) is 0 Å². The van der Waals surface area contributed by atoms with Crippen molar-refractivity contribution in [1.29, 1.82) is 0 Å². The first-order valence-corrected chi connectivity index (χ1v) is 7.79. The second kappa shape index (κ2) is 6.16. The maximum absolute atomic E-state index is 12.6. The molecule has 1 aliphatic rings. The van der Waals surface area contributed by atoms with Crippen molar-refractivity contribution in [3.05, 3.63) is 29.8 Å². The van der Waals surface area contributed by atoms with Gasteiger partial charge in [-0.05, 0) is 64.3 Å². The zero-order valence-corrected chi connectivity index (χ0v) is 13.6. The summed E-state index contributed by atoms with van der Waals surface area (Å²) in [7, 11) is 0. The molecule has 1 aliphatic heterocycles. The Morgan fingerprint density at radius 3 is 2.55 bits per heavy atom. The average Bonchev–Trinajstić information content (AvgIpc) is 2.83. The Bertz CT molecular complexity index is 522. The number of nitrogens with zero attached hydrogens (tertiary/aromatic N) is 1. The van der Waals surface area contributed by atoms with E-state index < -0.39 is 11.1 Å². The summed E-state index contributed by atoms with van der Waals surface area (Å²) < 4.78 is 5.57. The number of ether oxygens (including phenoxy) is 1. The second-order valence-corrected chi connectivity index (χ2v) is 6.85. The summed E-state index contributed by atoms with van der Waals surface area (Å²) in [6.45, 7) is 6.75. The Labute approximate surface area is 132 Å². The second-order valence-electron chi connectivity index (χ2n) is 6.85. The zero-order valence-electron chi connectivity index (χ0n) is 13.6. The maximum Gasteiger partial charge on any atom is 0.411 e. The molecule has 1 aromatic rings. The van der Waals surface area contributed by atoms with Gasteiger partial charge in [-0.15, -0.1) is 0 Å². The normalized spacial score (nSPS) is 21.9. The van der Waals surface area contributed by atoms with E-state index in [4.69, 9.17) is 10.5 Å². The van der Waals surface area contributed by atoms with Gasteiger partial charge in [0.2, 0.25) is 0 Å². The zero-order chi connectivity index (χ0) is 16.4. The SMILES string of the molecule is CC(C)(C)OC(=O)N1CCCC1(CCN)c1ccc(O)cc1. The van der Waals surface area contributed by atoms with Crippen LogP contribution >= 0.6 is 0 Å². The van der Waals surface area contributed by atoms with E-state index in [0.717, 1.165) is 18.4 Å². The summed E-state index contributed by atoms with van der Waals surface area (Å²) in [5.41, 5.74) is 5.86. The van der Waals surface area contributed by atoms with E-state index in [0.29, 0.717) is 19.5 Å². The topological polar surface area (TPSA) is 75.8 Å². The molecule has 3 N–H and O–H groups in total. The van der Waals surface area contributed by atoms with E-state index >= 15 is 0 Å². The number of hydrogen-bond donors (Lipinski definition) is 2. The molecule has 0 aliphatic carbocycles. The summed E-state index contributed by atoms with van der Waals surface area (Å²) in [4.78, 5) is 14.4. The third kappa shape index (κ3) is 3.35. The molecule has 0 spiro atoms. The van der Waals surface area contributed by atoms with Gasteiger partial charge in [-0.1, -0.05) is 12.1 Å². The van der Waals surface area contributed by atoms with Crippen LogP contribution in [-0.4, -0.2) is 34.8 Å². The van der Waals surface area contributed by atoms with Crippen LogP contribution in [0, 0.1) is 0 Å². The van der Waals surface area contributed by atoms with Crippen molar-refractivity contribution in [1.82, 2.24) is 4.90 Å². The fraction of sp³-hybridized carbons (Fsp3) is 0.588. The van der Waals surface area contributed by atoms with Gasteiger partial charge in [0.05, 0.1) is 5.54 Å². The molecule has 5 nitrogen and oxygen atoms in total. The lowest BCUT2D eigenvalue weighted by molar-refractivity contribution is 0.00559. The number of rotatable bonds is 3. The van der Waals surface area contributed by atoms with Gasteiger partial charge in [-0.3, -0.25) is 4.90 Å². The van der Waals surface area contributed by atoms with Gasteiger partial charge < -0.3 is 15.6 Å². The maximum atomic E-state index is 12.6. The van der Waals surface area contributed by atoms with Crippen molar-refractivity contribution >= 4 is 6.09 Å². The van der Waals surface area contributed by atoms with E-state index in [1.54, 1.807) is 17.0 Å². The van der Waals surface area contributed by atoms with Gasteiger partial charge in [0, 0.05) is 6.54 Å². The van der Waals surface area contributed by atoms with Gasteiger partial charge >= 0.3 is 6.09 Å². The molecule has 0 saturated carbocycles. The van der Waals surface area contributed by atoms with Crippen LogP contribution in [0.4, 0.5) is 4.79 Å². The predicted octanol–water partition coefficient (Wildman–Crippen LogP) is 2.97. The quantitative estimate of drug-likeness (QED) is 0.900. The van der Waals surface area contributed by atoms with Crippen LogP contribution in [0.3, 0.4) is 0 Å². The molecule has 1 saturated heterocycles. The van der Waals surface area contributed by atoms with E-state index in [-0.39, 0.29) is 11.8 Å². The molecule has 0 aromatic heterocycles. The van der Waals surface area contributed by atoms with Crippen LogP contribution < -0.4 is 5.73 Å². The standard InChI is InChI=1S/C17H26N2O3/c1-16(2,3)22-15(21)19-12-4-9-17(19,10-11-18)13-5-7-14(20)8-6-13/h5-8,20H,4,9-12,18H2,1-3H3. The van der Waals surface area contributed by atoms with Crippen molar-refractivity contribution in [2.24, 2.45) is 5.73 Å². The summed E-state index contributed by atoms with van der Waals surface area (Å²) in [6, 6.07) is 7.04. The van der Waals surface area contributed by atoms with E-state index in [1.807, 2.05) is 32.9 Å². The number of phenolic OH excluding ortho intramolecular Hbond substituents is 1. The molecule has 1 atom stereocenters. The lowest BCUT2D eigenvalue weighted by Gasteiger charge is -2.39. The Balaban J connectivity index is 2.35. The van der Waals surface area contributed by atoms with Crippen LogP contribution in [0.1, 0.15) is 45.6 Å². The summed E-state index contributed by atoms with van der Waals surface area (Å²) in [5, 5.41) is 9.51. The molecule has 0 bridgehead atoms. The number of nitrogens with two attached hydrogens (primary N) is 1. The molecule has 2 rings (SSSR count). The van der Waals surface area contributed by atoms with Crippen molar-refractivity contribution < 1.29 is 14.6 Å². The highest BCUT2D eigenvalue weighted by molar-refractivity contribution is 5.70. The number of likely N-dealkylation sites (tertiary alicyclic amines) is 1. The summed E-state index contributed by atoms with van der Waals surface area (Å²) in [5.74, 6) is 0.216. The summed E-state index contributed by atoms with van der Waals surface area (Å²) in [6.07, 6.45) is 2.15. The largest absolute Gasteiger partial charge is 0.508 e. The van der Waals surface area contributed by atoms with Gasteiger partial charge in [-0.25, -0.2) is 4.79 Å². The fourth-order valence-corrected chi connectivity index (χ4v) is 3.18. The third-order valence-electron chi connectivity index (χ3n) is 4.07. The molecule has 5 heteroatoms. The van der Waals surface area contributed by atoms with E-state index in [1.165, 1.54) is 0 Å². The number of aromatic hydroxyl groups is 1. The molecular weight excluding hydrogens is 280 g/mol. The minimum Gasteiger partial charge on any atom is -0.508 e. The number of hydrogen-bond acceptors (Lipinski definition) is 4. The van der Waals surface area contributed by atoms with E-state index in [9.17, 15) is 9.90 Å². The van der Waals surface area contributed by atoms with Gasteiger partial charge in [0.15, 0.2) is 0 Å². The molecule has 1 unspecified atom stereocenters. The summed E-state index contributed by atoms with van der Waals surface area (Å²) >= 11 is 0. The van der Waals surface area contributed by atoms with Gasteiger partial charge in [0.1, 0.15) is 11.4 Å². The fourth-order valence-electron chi connectivity index (χ4n) is 3.18. The van der Waals surface area contributed by atoms with Crippen molar-refractivity contribution in [2.75, 3.05) is 13.1 Å². The lowest BCUT2D eigenvalue weighted by Crippen LogP contribution is -2.48. The molecule has 0 radical (unpaired) electrons. The number of benzene rings is 1. The molecule has 122 valence electrons. The number of carbonyl (C=O) groups excluding carboxylic acids is 1. The van der Waals surface area contributed by atoms with Crippen molar-refractivity contribution in [3.8, 4) is 5.75 Å². The predicted molar refractivity (Wildman–Crippen MR) is 85.6 cm³/mol. The highest BCUT2D eigenvalue weighted by atomic mass is 16.6. The number of phenols is 1. The Hall–Kier alpha value is -1.75. The molecule has 1 amide bonds. The first-order chi connectivity index (χ1) is 10.3. The Morgan fingerprint density at radius 2 is 2.00 bits per heavy atom. The van der Waals surface area contributed by atoms with Crippen molar-refractivity contribution in [2.45, 2.75) is 51.2 Å². The Morgan fingerprint density at radius 1 is 1.36 bits per heavy atom. The minimum atomic E-state index is -0.525. The number of carbonyl (C=O) groups is 1. The highest BCUT2D eigenvalue weighted by Gasteiger charge is 2.45. The van der Waals surface area contributed by atoms with Crippen LogP contribution in [0.2, 0.25) is 0 Å². The minimum absolute atomic E-state index is 0.216. The molecule has 22 heavy (non-hydrogen) atoms. The van der Waals surface area contributed by atoms with Gasteiger partial charge in [0.25, 0.3) is 0 Å². The lowest BCUT2D eigenvalue weighted by atomic mass is 9.84. The van der Waals surface area contributed by atoms with Crippen molar-refractivity contribution in [3.63, 3.8) is 0 Å². The molecule has 1 fully saturated rings. The van der Waals surface area contributed by atoms with Crippen LogP contribution in [0.5, 0.6) is 5.75 Å². The molecular formula is C17H26N2O3. The number of amides is 1. The van der Waals surface area contributed by atoms with E-state index in [2.05, 4.69) is 0 Å². The molecule has 1 heterocycles. The van der Waals surface area contributed by atoms with Crippen LogP contribution in [-0.2, 0) is 10.3 Å². The monoisotopic (exact) mass is 306 g/mol. The molecule has 1 aromatic carbocycles. The Kier molecular flexibility index (Phi) is 4.66. The first kappa shape index (κ1) is 16.6. The van der Waals surface area contributed by atoms with Crippen LogP contribution in [0.25, 0.3) is 0 Å². The van der Waals surface area contributed by atoms with Crippen LogP contribution in [0.15, 0.2) is 24.3 Å². The smallest absolute Gasteiger partial charge is 0.411 e. The highest BCUT2D eigenvalue weighted by Crippen LogP contribution is 2.42. The average molecular weight is 306 g/mol. The first-order valence-electron chi connectivity index (χ1n) is 7.79.